The summed E-state index contributed by atoms with van der Waals surface area (Å²) in [6, 6.07) is 18.9. The Morgan fingerprint density at radius 2 is 2.00 bits per heavy atom. The fourth-order valence-electron chi connectivity index (χ4n) is 4.01. The average molecular weight is 436 g/mol. The molecule has 0 radical (unpaired) electrons. The third-order valence-corrected chi connectivity index (χ3v) is 6.49. The van der Waals surface area contributed by atoms with Gasteiger partial charge in [-0.15, -0.1) is 10.2 Å². The standard InChI is InChI=1S/C24H29N5OS/c1-3-29-23(20-11-7-8-18(2)14-20)26-27-24(29)31-17-22(30)25-21-12-13-28(16-21)15-19-9-5-4-6-10-19/h4-11,14,21H,3,12-13,15-17H2,1-2H3,(H,25,30). The van der Waals surface area contributed by atoms with Crippen molar-refractivity contribution in [1.82, 2.24) is 25.0 Å². The first kappa shape index (κ1) is 21.6. The number of aryl methyl sites for hydroxylation is 1. The zero-order chi connectivity index (χ0) is 21.6. The summed E-state index contributed by atoms with van der Waals surface area (Å²) in [4.78, 5) is 14.9. The van der Waals surface area contributed by atoms with Crippen molar-refractivity contribution in [2.75, 3.05) is 18.8 Å². The van der Waals surface area contributed by atoms with Gasteiger partial charge in [-0.1, -0.05) is 65.9 Å². The van der Waals surface area contributed by atoms with E-state index in [9.17, 15) is 4.79 Å². The molecule has 162 valence electrons. The number of rotatable bonds is 8. The van der Waals surface area contributed by atoms with Crippen LogP contribution in [0, 0.1) is 6.92 Å². The molecular formula is C24H29N5OS. The molecule has 31 heavy (non-hydrogen) atoms. The Labute approximate surface area is 188 Å². The molecule has 1 fully saturated rings. The first-order valence-corrected chi connectivity index (χ1v) is 11.8. The molecule has 3 aromatic rings. The van der Waals surface area contributed by atoms with E-state index in [0.29, 0.717) is 5.75 Å². The van der Waals surface area contributed by atoms with Crippen molar-refractivity contribution in [3.05, 3.63) is 65.7 Å². The van der Waals surface area contributed by atoms with E-state index in [4.69, 9.17) is 0 Å². The Morgan fingerprint density at radius 3 is 2.77 bits per heavy atom. The van der Waals surface area contributed by atoms with Gasteiger partial charge >= 0.3 is 0 Å². The van der Waals surface area contributed by atoms with Crippen molar-refractivity contribution < 1.29 is 4.79 Å². The third kappa shape index (κ3) is 5.54. The quantitative estimate of drug-likeness (QED) is 0.546. The highest BCUT2D eigenvalue weighted by atomic mass is 32.2. The van der Waals surface area contributed by atoms with E-state index in [1.165, 1.54) is 22.9 Å². The highest BCUT2D eigenvalue weighted by molar-refractivity contribution is 7.99. The maximum Gasteiger partial charge on any atom is 0.230 e. The molecule has 0 saturated carbocycles. The van der Waals surface area contributed by atoms with Gasteiger partial charge in [0.05, 0.1) is 5.75 Å². The lowest BCUT2D eigenvalue weighted by Gasteiger charge is -2.16. The summed E-state index contributed by atoms with van der Waals surface area (Å²) in [5.74, 6) is 1.25. The molecule has 1 aromatic heterocycles. The van der Waals surface area contributed by atoms with Crippen LogP contribution in [-0.4, -0.2) is 50.5 Å². The number of carbonyl (C=O) groups excluding carboxylic acids is 1. The Bertz CT molecular complexity index is 1020. The zero-order valence-electron chi connectivity index (χ0n) is 18.1. The number of aromatic nitrogens is 3. The Kier molecular flexibility index (Phi) is 7.04. The van der Waals surface area contributed by atoms with Gasteiger partial charge in [-0.2, -0.15) is 0 Å². The van der Waals surface area contributed by atoms with Gasteiger partial charge in [0, 0.05) is 37.8 Å². The lowest BCUT2D eigenvalue weighted by atomic mass is 10.1. The van der Waals surface area contributed by atoms with Gasteiger partial charge in [0.25, 0.3) is 0 Å². The molecule has 1 aliphatic heterocycles. The van der Waals surface area contributed by atoms with E-state index in [1.54, 1.807) is 0 Å². The van der Waals surface area contributed by atoms with Gasteiger partial charge in [-0.25, -0.2) is 0 Å². The van der Waals surface area contributed by atoms with E-state index in [-0.39, 0.29) is 11.9 Å². The Morgan fingerprint density at radius 1 is 1.16 bits per heavy atom. The normalized spacial score (nSPS) is 16.5. The number of hydrogen-bond donors (Lipinski definition) is 1. The predicted molar refractivity (Wildman–Crippen MR) is 125 cm³/mol. The third-order valence-electron chi connectivity index (χ3n) is 5.53. The van der Waals surface area contributed by atoms with Gasteiger partial charge < -0.3 is 9.88 Å². The number of amides is 1. The summed E-state index contributed by atoms with van der Waals surface area (Å²) in [5.41, 5.74) is 3.55. The maximum absolute atomic E-state index is 12.6. The van der Waals surface area contributed by atoms with E-state index >= 15 is 0 Å². The minimum absolute atomic E-state index is 0.0549. The second-order valence-corrected chi connectivity index (χ2v) is 8.92. The summed E-state index contributed by atoms with van der Waals surface area (Å²) in [7, 11) is 0. The van der Waals surface area contributed by atoms with Crippen LogP contribution >= 0.6 is 11.8 Å². The SMILES string of the molecule is CCn1c(SCC(=O)NC2CCN(Cc3ccccc3)C2)nnc1-c1cccc(C)c1. The molecule has 2 heterocycles. The molecule has 1 N–H and O–H groups in total. The molecule has 4 rings (SSSR count). The number of nitrogens with one attached hydrogen (secondary N) is 1. The molecule has 0 spiro atoms. The molecule has 6 nitrogen and oxygen atoms in total. The van der Waals surface area contributed by atoms with Crippen LogP contribution in [0.25, 0.3) is 11.4 Å². The molecule has 2 aromatic carbocycles. The van der Waals surface area contributed by atoms with Crippen LogP contribution in [0.15, 0.2) is 59.8 Å². The fourth-order valence-corrected chi connectivity index (χ4v) is 4.83. The van der Waals surface area contributed by atoms with Crippen LogP contribution in [0.4, 0.5) is 0 Å². The summed E-state index contributed by atoms with van der Waals surface area (Å²) >= 11 is 1.45. The molecule has 0 aliphatic carbocycles. The Hall–Kier alpha value is -2.64. The molecular weight excluding hydrogens is 406 g/mol. The Balaban J connectivity index is 1.29. The van der Waals surface area contributed by atoms with Crippen LogP contribution in [0.1, 0.15) is 24.5 Å². The van der Waals surface area contributed by atoms with Crippen LogP contribution in [0.3, 0.4) is 0 Å². The van der Waals surface area contributed by atoms with Gasteiger partial charge in [-0.05, 0) is 31.9 Å². The van der Waals surface area contributed by atoms with Crippen LogP contribution in [0.2, 0.25) is 0 Å². The largest absolute Gasteiger partial charge is 0.351 e. The minimum Gasteiger partial charge on any atom is -0.351 e. The van der Waals surface area contributed by atoms with Gasteiger partial charge in [0.2, 0.25) is 5.91 Å². The number of likely N-dealkylation sites (tertiary alicyclic amines) is 1. The summed E-state index contributed by atoms with van der Waals surface area (Å²) < 4.78 is 2.07. The molecule has 7 heteroatoms. The van der Waals surface area contributed by atoms with E-state index in [0.717, 1.165) is 49.1 Å². The second kappa shape index (κ2) is 10.1. The van der Waals surface area contributed by atoms with Crippen molar-refractivity contribution in [1.29, 1.82) is 0 Å². The molecule has 1 aliphatic rings. The first-order valence-electron chi connectivity index (χ1n) is 10.8. The number of benzene rings is 2. The minimum atomic E-state index is 0.0549. The van der Waals surface area contributed by atoms with Crippen molar-refractivity contribution >= 4 is 17.7 Å². The second-order valence-electron chi connectivity index (χ2n) is 7.98. The fraction of sp³-hybridized carbons (Fsp3) is 0.375. The first-order chi connectivity index (χ1) is 15.1. The molecule has 1 atom stereocenters. The van der Waals surface area contributed by atoms with E-state index < -0.39 is 0 Å². The number of hydrogen-bond acceptors (Lipinski definition) is 5. The van der Waals surface area contributed by atoms with Gasteiger partial charge in [-0.3, -0.25) is 9.69 Å². The lowest BCUT2D eigenvalue weighted by Crippen LogP contribution is -2.38. The highest BCUT2D eigenvalue weighted by Crippen LogP contribution is 2.24. The summed E-state index contributed by atoms with van der Waals surface area (Å²) in [6.07, 6.45) is 0.992. The smallest absolute Gasteiger partial charge is 0.230 e. The molecule has 1 unspecified atom stereocenters. The maximum atomic E-state index is 12.6. The summed E-state index contributed by atoms with van der Waals surface area (Å²) in [6.45, 7) is 7.75. The average Bonchev–Trinajstić information content (AvgIpc) is 3.39. The van der Waals surface area contributed by atoms with Crippen LogP contribution < -0.4 is 5.32 Å². The lowest BCUT2D eigenvalue weighted by molar-refractivity contribution is -0.119. The highest BCUT2D eigenvalue weighted by Gasteiger charge is 2.24. The van der Waals surface area contributed by atoms with Crippen LogP contribution in [0.5, 0.6) is 0 Å². The van der Waals surface area contributed by atoms with Gasteiger partial charge in [0.15, 0.2) is 11.0 Å². The van der Waals surface area contributed by atoms with E-state index in [2.05, 4.69) is 75.2 Å². The predicted octanol–water partition coefficient (Wildman–Crippen LogP) is 3.76. The van der Waals surface area contributed by atoms with Crippen molar-refractivity contribution in [2.45, 2.75) is 44.6 Å². The summed E-state index contributed by atoms with van der Waals surface area (Å²) in [5, 5.41) is 12.7. The van der Waals surface area contributed by atoms with Crippen molar-refractivity contribution in [3.63, 3.8) is 0 Å². The van der Waals surface area contributed by atoms with Gasteiger partial charge in [0.1, 0.15) is 0 Å². The van der Waals surface area contributed by atoms with Crippen LogP contribution in [-0.2, 0) is 17.9 Å². The monoisotopic (exact) mass is 435 g/mol. The number of nitrogens with zero attached hydrogens (tertiary/aromatic N) is 4. The van der Waals surface area contributed by atoms with Crippen molar-refractivity contribution in [3.8, 4) is 11.4 Å². The van der Waals surface area contributed by atoms with E-state index in [1.807, 2.05) is 18.2 Å². The number of thioether (sulfide) groups is 1. The molecule has 0 bridgehead atoms. The molecule has 1 saturated heterocycles. The zero-order valence-corrected chi connectivity index (χ0v) is 18.9. The van der Waals surface area contributed by atoms with Crippen molar-refractivity contribution in [2.24, 2.45) is 0 Å². The molecule has 1 amide bonds. The number of carbonyl (C=O) groups is 1. The topological polar surface area (TPSA) is 63.1 Å².